The zero-order valence-electron chi connectivity index (χ0n) is 9.69. The van der Waals surface area contributed by atoms with Crippen LogP contribution in [0.15, 0.2) is 30.5 Å². The minimum absolute atomic E-state index is 0.0837. The van der Waals surface area contributed by atoms with Crippen molar-refractivity contribution in [3.05, 3.63) is 41.7 Å². The number of aryl methyl sites for hydroxylation is 1. The van der Waals surface area contributed by atoms with Gasteiger partial charge in [0.2, 0.25) is 0 Å². The Hall–Kier alpha value is -2.56. The normalized spacial score (nSPS) is 10.9. The smallest absolute Gasteiger partial charge is 0.353 e. The molecular formula is C13H11N3O2. The molecule has 18 heavy (non-hydrogen) atoms. The minimum atomic E-state index is -1.01. The molecule has 2 heterocycles. The van der Waals surface area contributed by atoms with Gasteiger partial charge in [-0.3, -0.25) is 0 Å². The second-order valence-corrected chi connectivity index (χ2v) is 4.17. The van der Waals surface area contributed by atoms with E-state index in [0.29, 0.717) is 5.82 Å². The molecule has 5 heteroatoms. The summed E-state index contributed by atoms with van der Waals surface area (Å²) in [7, 11) is 0. The van der Waals surface area contributed by atoms with Crippen molar-refractivity contribution in [2.45, 2.75) is 6.92 Å². The fourth-order valence-corrected chi connectivity index (χ4v) is 2.00. The highest BCUT2D eigenvalue weighted by Crippen LogP contribution is 2.24. The van der Waals surface area contributed by atoms with Gasteiger partial charge in [0, 0.05) is 10.9 Å². The Bertz CT molecular complexity index is 740. The molecule has 0 saturated heterocycles. The molecule has 1 aromatic carbocycles. The van der Waals surface area contributed by atoms with E-state index in [2.05, 4.69) is 15.0 Å². The van der Waals surface area contributed by atoms with Gasteiger partial charge in [0.15, 0.2) is 5.82 Å². The molecule has 3 aromatic rings. The molecule has 90 valence electrons. The molecule has 3 N–H and O–H groups in total. The number of carboxylic acid groups (broad SMARTS) is 1. The van der Waals surface area contributed by atoms with E-state index < -0.39 is 5.97 Å². The van der Waals surface area contributed by atoms with E-state index in [-0.39, 0.29) is 5.69 Å². The van der Waals surface area contributed by atoms with Crippen molar-refractivity contribution < 1.29 is 9.90 Å². The molecule has 0 spiro atoms. The Morgan fingerprint density at radius 3 is 2.83 bits per heavy atom. The molecule has 0 bridgehead atoms. The highest BCUT2D eigenvalue weighted by atomic mass is 16.4. The molecule has 0 fully saturated rings. The number of nitrogens with zero attached hydrogens (tertiary/aromatic N) is 1. The molecule has 0 atom stereocenters. The average molecular weight is 241 g/mol. The number of carbonyl (C=O) groups is 1. The summed E-state index contributed by atoms with van der Waals surface area (Å²) >= 11 is 0. The first-order valence-corrected chi connectivity index (χ1v) is 5.52. The van der Waals surface area contributed by atoms with Gasteiger partial charge in [-0.25, -0.2) is 9.78 Å². The molecule has 0 amide bonds. The summed E-state index contributed by atoms with van der Waals surface area (Å²) in [5.74, 6) is -0.482. The second-order valence-electron chi connectivity index (χ2n) is 4.17. The number of nitrogens with one attached hydrogen (secondary N) is 2. The lowest BCUT2D eigenvalue weighted by Gasteiger charge is -1.92. The number of rotatable bonds is 2. The van der Waals surface area contributed by atoms with Crippen molar-refractivity contribution in [1.29, 1.82) is 0 Å². The van der Waals surface area contributed by atoms with Gasteiger partial charge in [-0.1, -0.05) is 12.1 Å². The molecule has 0 aliphatic carbocycles. The number of H-pyrrole nitrogens is 2. The first-order valence-electron chi connectivity index (χ1n) is 5.52. The third kappa shape index (κ3) is 1.57. The Morgan fingerprint density at radius 2 is 2.17 bits per heavy atom. The van der Waals surface area contributed by atoms with E-state index in [1.54, 1.807) is 0 Å². The second kappa shape index (κ2) is 3.73. The lowest BCUT2D eigenvalue weighted by atomic mass is 10.1. The Labute approximate surface area is 102 Å². The molecule has 3 rings (SSSR count). The summed E-state index contributed by atoms with van der Waals surface area (Å²) in [5.41, 5.74) is 3.05. The maximum atomic E-state index is 10.8. The SMILES string of the molecule is Cc1cccc2[nH]c(-c3ncc(C(=O)O)[nH]3)cc12. The zero-order chi connectivity index (χ0) is 12.7. The van der Waals surface area contributed by atoms with Crippen LogP contribution in [-0.4, -0.2) is 26.0 Å². The van der Waals surface area contributed by atoms with E-state index in [0.717, 1.165) is 16.6 Å². The fourth-order valence-electron chi connectivity index (χ4n) is 2.00. The standard InChI is InChI=1S/C13H11N3O2/c1-7-3-2-4-9-8(7)5-10(15-9)12-14-6-11(16-12)13(17)18/h2-6,15H,1H3,(H,14,16)(H,17,18). The molecule has 0 radical (unpaired) electrons. The van der Waals surface area contributed by atoms with Gasteiger partial charge in [0.05, 0.1) is 11.9 Å². The summed E-state index contributed by atoms with van der Waals surface area (Å²) in [5, 5.41) is 9.96. The number of imidazole rings is 1. The third-order valence-electron chi connectivity index (χ3n) is 2.94. The highest BCUT2D eigenvalue weighted by Gasteiger charge is 2.11. The fraction of sp³-hybridized carbons (Fsp3) is 0.0769. The largest absolute Gasteiger partial charge is 0.477 e. The van der Waals surface area contributed by atoms with Gasteiger partial charge in [0.1, 0.15) is 5.69 Å². The van der Waals surface area contributed by atoms with Gasteiger partial charge in [-0.05, 0) is 24.6 Å². The maximum absolute atomic E-state index is 10.8. The molecule has 2 aromatic heterocycles. The van der Waals surface area contributed by atoms with E-state index in [1.165, 1.54) is 11.8 Å². The van der Waals surface area contributed by atoms with Gasteiger partial charge in [-0.2, -0.15) is 0 Å². The van der Waals surface area contributed by atoms with Gasteiger partial charge in [-0.15, -0.1) is 0 Å². The lowest BCUT2D eigenvalue weighted by molar-refractivity contribution is 0.0691. The van der Waals surface area contributed by atoms with Crippen LogP contribution in [0.2, 0.25) is 0 Å². The molecule has 5 nitrogen and oxygen atoms in total. The van der Waals surface area contributed by atoms with Crippen LogP contribution in [0.5, 0.6) is 0 Å². The Morgan fingerprint density at radius 1 is 1.33 bits per heavy atom. The quantitative estimate of drug-likeness (QED) is 0.644. The van der Waals surface area contributed by atoms with Crippen LogP contribution >= 0.6 is 0 Å². The van der Waals surface area contributed by atoms with E-state index in [9.17, 15) is 4.79 Å². The Balaban J connectivity index is 2.13. The van der Waals surface area contributed by atoms with Crippen LogP contribution in [0.1, 0.15) is 16.1 Å². The number of hydrogen-bond donors (Lipinski definition) is 3. The maximum Gasteiger partial charge on any atom is 0.353 e. The lowest BCUT2D eigenvalue weighted by Crippen LogP contribution is -1.95. The van der Waals surface area contributed by atoms with Crippen LogP contribution < -0.4 is 0 Å². The zero-order valence-corrected chi connectivity index (χ0v) is 9.69. The summed E-state index contributed by atoms with van der Waals surface area (Å²) in [6.07, 6.45) is 1.32. The van der Waals surface area contributed by atoms with Crippen molar-refractivity contribution in [3.8, 4) is 11.5 Å². The molecular weight excluding hydrogens is 230 g/mol. The third-order valence-corrected chi connectivity index (χ3v) is 2.94. The van der Waals surface area contributed by atoms with Crippen LogP contribution in [0.3, 0.4) is 0 Å². The van der Waals surface area contributed by atoms with Gasteiger partial charge >= 0.3 is 5.97 Å². The van der Waals surface area contributed by atoms with Crippen molar-refractivity contribution in [2.75, 3.05) is 0 Å². The van der Waals surface area contributed by atoms with Crippen molar-refractivity contribution >= 4 is 16.9 Å². The average Bonchev–Trinajstić information content (AvgIpc) is 2.95. The summed E-state index contributed by atoms with van der Waals surface area (Å²) < 4.78 is 0. The van der Waals surface area contributed by atoms with Crippen LogP contribution in [0.25, 0.3) is 22.4 Å². The first-order chi connectivity index (χ1) is 8.65. The molecule has 0 aliphatic heterocycles. The number of fused-ring (bicyclic) bond motifs is 1. The molecule has 0 saturated carbocycles. The molecule has 0 unspecified atom stereocenters. The van der Waals surface area contributed by atoms with Gasteiger partial charge in [0.25, 0.3) is 0 Å². The predicted octanol–water partition coefficient (Wildman–Crippen LogP) is 2.56. The van der Waals surface area contributed by atoms with E-state index >= 15 is 0 Å². The monoisotopic (exact) mass is 241 g/mol. The topological polar surface area (TPSA) is 81.8 Å². The first kappa shape index (κ1) is 10.6. The van der Waals surface area contributed by atoms with Crippen molar-refractivity contribution in [3.63, 3.8) is 0 Å². The van der Waals surface area contributed by atoms with Crippen LogP contribution in [0, 0.1) is 6.92 Å². The van der Waals surface area contributed by atoms with Crippen molar-refractivity contribution in [1.82, 2.24) is 15.0 Å². The number of carboxylic acids is 1. The van der Waals surface area contributed by atoms with Crippen molar-refractivity contribution in [2.24, 2.45) is 0 Å². The summed E-state index contributed by atoms with van der Waals surface area (Å²) in [6, 6.07) is 7.95. The number of aromatic nitrogens is 3. The van der Waals surface area contributed by atoms with Crippen LogP contribution in [-0.2, 0) is 0 Å². The summed E-state index contributed by atoms with van der Waals surface area (Å²) in [4.78, 5) is 20.8. The Kier molecular flexibility index (Phi) is 2.19. The van der Waals surface area contributed by atoms with E-state index in [4.69, 9.17) is 5.11 Å². The summed E-state index contributed by atoms with van der Waals surface area (Å²) in [6.45, 7) is 2.03. The highest BCUT2D eigenvalue weighted by molar-refractivity contribution is 5.89. The molecule has 0 aliphatic rings. The van der Waals surface area contributed by atoms with Gasteiger partial charge < -0.3 is 15.1 Å². The number of benzene rings is 1. The number of aromatic carboxylic acids is 1. The minimum Gasteiger partial charge on any atom is -0.477 e. The van der Waals surface area contributed by atoms with Crippen LogP contribution in [0.4, 0.5) is 0 Å². The van der Waals surface area contributed by atoms with E-state index in [1.807, 2.05) is 31.2 Å². The number of aromatic amines is 2. The number of hydrogen-bond acceptors (Lipinski definition) is 2. The predicted molar refractivity (Wildman–Crippen MR) is 67.6 cm³/mol.